The second kappa shape index (κ2) is 6.40. The Morgan fingerprint density at radius 3 is 2.77 bits per heavy atom. The number of rotatable bonds is 3. The summed E-state index contributed by atoms with van der Waals surface area (Å²) < 4.78 is 3.78. The van der Waals surface area contributed by atoms with Gasteiger partial charge >= 0.3 is 0 Å². The number of nitrogens with zero attached hydrogens (tertiary/aromatic N) is 7. The number of hydrogen-bond donors (Lipinski definition) is 1. The van der Waals surface area contributed by atoms with Gasteiger partial charge in [0.05, 0.1) is 5.56 Å². The summed E-state index contributed by atoms with van der Waals surface area (Å²) in [6, 6.07) is 1.78. The van der Waals surface area contributed by atoms with Crippen molar-refractivity contribution in [3.05, 3.63) is 30.0 Å². The quantitative estimate of drug-likeness (QED) is 0.757. The van der Waals surface area contributed by atoms with Crippen LogP contribution in [0.25, 0.3) is 11.2 Å². The molecular weight excluding hydrogens is 332 g/mol. The average Bonchev–Trinajstić information content (AvgIpc) is 3.22. The number of likely N-dealkylation sites (tertiary alicyclic amines) is 1. The van der Waals surface area contributed by atoms with Gasteiger partial charge in [0.25, 0.3) is 5.91 Å². The SMILES string of the molecule is CCn1c(N)nc2cc(C(=O)N3CCC(c4nncn4C)CC3)cnc21. The van der Waals surface area contributed by atoms with Crippen molar-refractivity contribution in [1.82, 2.24) is 34.2 Å². The van der Waals surface area contributed by atoms with Gasteiger partial charge in [-0.1, -0.05) is 0 Å². The zero-order chi connectivity index (χ0) is 18.3. The molecule has 0 spiro atoms. The van der Waals surface area contributed by atoms with Crippen molar-refractivity contribution in [2.24, 2.45) is 7.05 Å². The van der Waals surface area contributed by atoms with E-state index in [1.807, 2.05) is 28.0 Å². The van der Waals surface area contributed by atoms with E-state index < -0.39 is 0 Å². The number of aryl methyl sites for hydroxylation is 2. The Morgan fingerprint density at radius 1 is 1.35 bits per heavy atom. The van der Waals surface area contributed by atoms with Crippen LogP contribution in [0.2, 0.25) is 0 Å². The first kappa shape index (κ1) is 16.5. The topological polar surface area (TPSA) is 108 Å². The second-order valence-electron chi connectivity index (χ2n) is 6.65. The second-order valence-corrected chi connectivity index (χ2v) is 6.65. The van der Waals surface area contributed by atoms with Crippen LogP contribution in [0.4, 0.5) is 5.95 Å². The Kier molecular flexibility index (Phi) is 4.06. The zero-order valence-electron chi connectivity index (χ0n) is 15.0. The van der Waals surface area contributed by atoms with Gasteiger partial charge in [0, 0.05) is 38.8 Å². The summed E-state index contributed by atoms with van der Waals surface area (Å²) in [6.45, 7) is 4.07. The molecule has 9 nitrogen and oxygen atoms in total. The fraction of sp³-hybridized carbons (Fsp3) is 0.471. The number of anilines is 1. The maximum atomic E-state index is 12.9. The summed E-state index contributed by atoms with van der Waals surface area (Å²) in [5.41, 5.74) is 7.83. The third-order valence-electron chi connectivity index (χ3n) is 5.07. The molecule has 1 aliphatic heterocycles. The minimum Gasteiger partial charge on any atom is -0.369 e. The number of piperidine rings is 1. The number of pyridine rings is 1. The molecule has 1 aliphatic rings. The number of aromatic nitrogens is 6. The molecule has 0 aromatic carbocycles. The van der Waals surface area contributed by atoms with Crippen molar-refractivity contribution in [3.63, 3.8) is 0 Å². The van der Waals surface area contributed by atoms with Crippen LogP contribution < -0.4 is 5.73 Å². The van der Waals surface area contributed by atoms with Gasteiger partial charge in [0.1, 0.15) is 17.7 Å². The highest BCUT2D eigenvalue weighted by Gasteiger charge is 2.27. The molecule has 3 aromatic rings. The van der Waals surface area contributed by atoms with Crippen LogP contribution in [0.15, 0.2) is 18.6 Å². The van der Waals surface area contributed by atoms with Gasteiger partial charge in [-0.2, -0.15) is 0 Å². The molecule has 4 heterocycles. The van der Waals surface area contributed by atoms with Crippen LogP contribution in [-0.4, -0.2) is 53.2 Å². The van der Waals surface area contributed by atoms with Crippen LogP contribution in [0.3, 0.4) is 0 Å². The number of nitrogens with two attached hydrogens (primary N) is 1. The first-order valence-electron chi connectivity index (χ1n) is 8.83. The monoisotopic (exact) mass is 354 g/mol. The van der Waals surface area contributed by atoms with Crippen molar-refractivity contribution >= 4 is 23.0 Å². The lowest BCUT2D eigenvalue weighted by atomic mass is 9.95. The van der Waals surface area contributed by atoms with Crippen LogP contribution in [0, 0.1) is 0 Å². The molecule has 0 radical (unpaired) electrons. The summed E-state index contributed by atoms with van der Waals surface area (Å²) in [5, 5.41) is 8.15. The summed E-state index contributed by atoms with van der Waals surface area (Å²) in [5.74, 6) is 1.73. The zero-order valence-corrected chi connectivity index (χ0v) is 15.0. The van der Waals surface area contributed by atoms with Crippen molar-refractivity contribution in [2.75, 3.05) is 18.8 Å². The van der Waals surface area contributed by atoms with E-state index in [-0.39, 0.29) is 5.91 Å². The predicted octanol–water partition coefficient (Wildman–Crippen LogP) is 1.18. The van der Waals surface area contributed by atoms with Crippen LogP contribution >= 0.6 is 0 Å². The molecule has 0 saturated carbocycles. The highest BCUT2D eigenvalue weighted by atomic mass is 16.2. The van der Waals surface area contributed by atoms with E-state index in [2.05, 4.69) is 20.2 Å². The lowest BCUT2D eigenvalue weighted by molar-refractivity contribution is 0.0710. The number of carbonyl (C=O) groups excluding carboxylic acids is 1. The van der Waals surface area contributed by atoms with Crippen LogP contribution in [-0.2, 0) is 13.6 Å². The van der Waals surface area contributed by atoms with Gasteiger partial charge in [-0.3, -0.25) is 9.36 Å². The smallest absolute Gasteiger partial charge is 0.255 e. The molecular formula is C17H22N8O. The van der Waals surface area contributed by atoms with Crippen molar-refractivity contribution < 1.29 is 4.79 Å². The largest absolute Gasteiger partial charge is 0.369 e. The Balaban J connectivity index is 1.50. The average molecular weight is 354 g/mol. The summed E-state index contributed by atoms with van der Waals surface area (Å²) in [7, 11) is 1.95. The Labute approximate surface area is 150 Å². The Hall–Kier alpha value is -2.97. The highest BCUT2D eigenvalue weighted by molar-refractivity contribution is 5.96. The third-order valence-corrected chi connectivity index (χ3v) is 5.07. The molecule has 0 aliphatic carbocycles. The number of fused-ring (bicyclic) bond motifs is 1. The van der Waals surface area contributed by atoms with Gasteiger partial charge in [0.15, 0.2) is 5.65 Å². The minimum atomic E-state index is -0.0135. The molecule has 0 bridgehead atoms. The lowest BCUT2D eigenvalue weighted by Crippen LogP contribution is -2.38. The maximum absolute atomic E-state index is 12.9. The molecule has 26 heavy (non-hydrogen) atoms. The van der Waals surface area contributed by atoms with E-state index in [0.717, 1.165) is 18.7 Å². The molecule has 0 atom stereocenters. The van der Waals surface area contributed by atoms with E-state index in [1.165, 1.54) is 0 Å². The van der Waals surface area contributed by atoms with E-state index in [0.29, 0.717) is 48.2 Å². The fourth-order valence-electron chi connectivity index (χ4n) is 3.64. The lowest BCUT2D eigenvalue weighted by Gasteiger charge is -2.31. The molecule has 0 unspecified atom stereocenters. The third kappa shape index (κ3) is 2.69. The highest BCUT2D eigenvalue weighted by Crippen LogP contribution is 2.27. The van der Waals surface area contributed by atoms with Crippen molar-refractivity contribution in [3.8, 4) is 0 Å². The van der Waals surface area contributed by atoms with Crippen LogP contribution in [0.5, 0.6) is 0 Å². The van der Waals surface area contributed by atoms with Gasteiger partial charge in [0.2, 0.25) is 5.95 Å². The molecule has 1 fully saturated rings. The maximum Gasteiger partial charge on any atom is 0.255 e. The molecule has 136 valence electrons. The van der Waals surface area contributed by atoms with Crippen molar-refractivity contribution in [2.45, 2.75) is 32.2 Å². The first-order chi connectivity index (χ1) is 12.6. The van der Waals surface area contributed by atoms with Gasteiger partial charge in [-0.25, -0.2) is 9.97 Å². The number of hydrogen-bond acceptors (Lipinski definition) is 6. The van der Waals surface area contributed by atoms with Gasteiger partial charge < -0.3 is 15.2 Å². The normalized spacial score (nSPS) is 15.7. The molecule has 1 saturated heterocycles. The van der Waals surface area contributed by atoms with Gasteiger partial charge in [-0.05, 0) is 25.8 Å². The number of carbonyl (C=O) groups is 1. The standard InChI is InChI=1S/C17H22N8O/c1-3-25-15-13(21-17(25)18)8-12(9-19-15)16(26)24-6-4-11(5-7-24)14-22-20-10-23(14)2/h8-11H,3-7H2,1-2H3,(H2,18,21). The number of nitrogen functional groups attached to an aromatic ring is 1. The number of amides is 1. The predicted molar refractivity (Wildman–Crippen MR) is 96.5 cm³/mol. The van der Waals surface area contributed by atoms with Gasteiger partial charge in [-0.15, -0.1) is 10.2 Å². The van der Waals surface area contributed by atoms with E-state index in [4.69, 9.17) is 5.73 Å². The molecule has 3 aromatic heterocycles. The minimum absolute atomic E-state index is 0.0135. The fourth-order valence-corrected chi connectivity index (χ4v) is 3.64. The molecule has 4 rings (SSSR count). The summed E-state index contributed by atoms with van der Waals surface area (Å²) in [4.78, 5) is 23.4. The van der Waals surface area contributed by atoms with Crippen LogP contribution in [0.1, 0.15) is 41.9 Å². The Morgan fingerprint density at radius 2 is 2.12 bits per heavy atom. The van der Waals surface area contributed by atoms with E-state index in [9.17, 15) is 4.79 Å². The molecule has 9 heteroatoms. The van der Waals surface area contributed by atoms with E-state index >= 15 is 0 Å². The molecule has 2 N–H and O–H groups in total. The summed E-state index contributed by atoms with van der Waals surface area (Å²) >= 11 is 0. The molecule has 1 amide bonds. The van der Waals surface area contributed by atoms with Crippen molar-refractivity contribution in [1.29, 1.82) is 0 Å². The first-order valence-corrected chi connectivity index (χ1v) is 8.83. The Bertz CT molecular complexity index is 951. The summed E-state index contributed by atoms with van der Waals surface area (Å²) in [6.07, 6.45) is 5.10. The number of imidazole rings is 1. The van der Waals surface area contributed by atoms with E-state index in [1.54, 1.807) is 18.6 Å².